The fourth-order valence-electron chi connectivity index (χ4n) is 1.48. The summed E-state index contributed by atoms with van der Waals surface area (Å²) in [5.74, 6) is 0. The van der Waals surface area contributed by atoms with Gasteiger partial charge in [0.1, 0.15) is 0 Å². The largest absolute Gasteiger partial charge is 0.287 e. The van der Waals surface area contributed by atoms with Gasteiger partial charge in [-0.2, -0.15) is 0 Å². The molecule has 0 spiro atoms. The van der Waals surface area contributed by atoms with Crippen LogP contribution in [0.2, 0.25) is 0 Å². The quantitative estimate of drug-likeness (QED) is 0.439. The van der Waals surface area contributed by atoms with E-state index in [1.54, 1.807) is 0 Å². The summed E-state index contributed by atoms with van der Waals surface area (Å²) in [6.07, 6.45) is 9.91. The Bertz CT molecular complexity index is 274. The highest BCUT2D eigenvalue weighted by molar-refractivity contribution is 14.1. The van der Waals surface area contributed by atoms with Crippen LogP contribution in [0.25, 0.3) is 0 Å². The average molecular weight is 288 g/mol. The van der Waals surface area contributed by atoms with Crippen molar-refractivity contribution < 1.29 is 4.79 Å². The fourth-order valence-corrected chi connectivity index (χ4v) is 1.89. The van der Waals surface area contributed by atoms with Crippen LogP contribution in [-0.2, 0) is 4.79 Å². The van der Waals surface area contributed by atoms with Crippen LogP contribution in [-0.4, -0.2) is 3.79 Å². The summed E-state index contributed by atoms with van der Waals surface area (Å²) >= 11 is 1.85. The molecule has 0 heterocycles. The van der Waals surface area contributed by atoms with Crippen LogP contribution in [0, 0.1) is 0 Å². The average Bonchev–Trinajstić information content (AvgIpc) is 2.08. The number of carbonyl (C=O) groups excluding carboxylic acids is 1. The van der Waals surface area contributed by atoms with E-state index in [9.17, 15) is 4.79 Å². The lowest BCUT2D eigenvalue weighted by atomic mass is 9.93. The molecule has 0 aliphatic heterocycles. The van der Waals surface area contributed by atoms with E-state index in [1.165, 1.54) is 11.1 Å². The summed E-state index contributed by atoms with van der Waals surface area (Å²) in [5, 5.41) is 0. The van der Waals surface area contributed by atoms with Gasteiger partial charge >= 0.3 is 0 Å². The van der Waals surface area contributed by atoms with E-state index in [-0.39, 0.29) is 3.79 Å². The lowest BCUT2D eigenvalue weighted by Crippen LogP contribution is -1.98. The molecule has 1 aliphatic rings. The predicted molar refractivity (Wildman–Crippen MR) is 63.9 cm³/mol. The zero-order valence-electron chi connectivity index (χ0n) is 7.55. The third kappa shape index (κ3) is 3.46. The second-order valence-electron chi connectivity index (χ2n) is 3.06. The van der Waals surface area contributed by atoms with E-state index in [1.807, 2.05) is 28.7 Å². The second-order valence-corrected chi connectivity index (χ2v) is 4.26. The molecule has 1 rings (SSSR count). The molecule has 1 aliphatic carbocycles. The maximum absolute atomic E-state index is 11.0. The molecular weight excluding hydrogens is 275 g/mol. The third-order valence-electron chi connectivity index (χ3n) is 2.05. The molecular formula is C11H13IO. The van der Waals surface area contributed by atoms with Crippen LogP contribution >= 0.6 is 22.6 Å². The highest BCUT2D eigenvalue weighted by atomic mass is 127. The first-order chi connectivity index (χ1) is 6.24. The first kappa shape index (κ1) is 10.7. The normalized spacial score (nSPS) is 16.1. The van der Waals surface area contributed by atoms with Gasteiger partial charge in [-0.3, -0.25) is 4.79 Å². The van der Waals surface area contributed by atoms with Crippen LogP contribution in [0.5, 0.6) is 0 Å². The van der Waals surface area contributed by atoms with Crippen molar-refractivity contribution in [1.82, 2.24) is 0 Å². The van der Waals surface area contributed by atoms with Gasteiger partial charge in [0.15, 0.2) is 3.79 Å². The highest BCUT2D eigenvalue weighted by Crippen LogP contribution is 2.25. The van der Waals surface area contributed by atoms with E-state index < -0.39 is 0 Å². The van der Waals surface area contributed by atoms with E-state index in [2.05, 4.69) is 18.7 Å². The first-order valence-electron chi connectivity index (χ1n) is 4.41. The van der Waals surface area contributed by atoms with Crippen molar-refractivity contribution in [3.8, 4) is 0 Å². The van der Waals surface area contributed by atoms with E-state index in [0.717, 1.165) is 19.3 Å². The molecule has 0 amide bonds. The lowest BCUT2D eigenvalue weighted by Gasteiger charge is -2.13. The van der Waals surface area contributed by atoms with Gasteiger partial charge in [0.25, 0.3) is 0 Å². The Morgan fingerprint density at radius 2 is 2.08 bits per heavy atom. The molecule has 13 heavy (non-hydrogen) atoms. The predicted octanol–water partition coefficient (Wildman–Crippen LogP) is 3.56. The second kappa shape index (κ2) is 5.37. The summed E-state index contributed by atoms with van der Waals surface area (Å²) in [5.41, 5.74) is 2.48. The van der Waals surface area contributed by atoms with Crippen molar-refractivity contribution in [2.45, 2.75) is 25.7 Å². The Balaban J connectivity index is 2.68. The summed E-state index contributed by atoms with van der Waals surface area (Å²) in [4.78, 5) is 11.0. The van der Waals surface area contributed by atoms with Crippen LogP contribution in [0.15, 0.2) is 36.0 Å². The Labute approximate surface area is 92.7 Å². The molecule has 0 saturated carbocycles. The Morgan fingerprint density at radius 1 is 1.46 bits per heavy atom. The molecule has 0 saturated heterocycles. The molecule has 0 N–H and O–H groups in total. The number of rotatable bonds is 4. The Kier molecular flexibility index (Phi) is 4.42. The number of hydrogen-bond donors (Lipinski definition) is 0. The van der Waals surface area contributed by atoms with Gasteiger partial charge in [-0.25, -0.2) is 0 Å². The summed E-state index contributed by atoms with van der Waals surface area (Å²) < 4.78 is 0.209. The zero-order valence-corrected chi connectivity index (χ0v) is 9.71. The lowest BCUT2D eigenvalue weighted by molar-refractivity contribution is -0.108. The number of halogens is 1. The van der Waals surface area contributed by atoms with Gasteiger partial charge in [-0.05, 0) is 53.0 Å². The van der Waals surface area contributed by atoms with Crippen LogP contribution in [0.4, 0.5) is 0 Å². The molecule has 0 unspecified atom stereocenters. The van der Waals surface area contributed by atoms with Gasteiger partial charge in [-0.1, -0.05) is 18.2 Å². The van der Waals surface area contributed by atoms with Crippen molar-refractivity contribution in [3.63, 3.8) is 0 Å². The molecule has 0 aromatic heterocycles. The minimum Gasteiger partial charge on any atom is -0.287 e. The monoisotopic (exact) mass is 288 g/mol. The molecule has 70 valence electrons. The maximum Gasteiger partial charge on any atom is 0.196 e. The molecule has 0 radical (unpaired) electrons. The van der Waals surface area contributed by atoms with Crippen molar-refractivity contribution in [2.75, 3.05) is 0 Å². The minimum atomic E-state index is 0.209. The van der Waals surface area contributed by atoms with Gasteiger partial charge < -0.3 is 0 Å². The summed E-state index contributed by atoms with van der Waals surface area (Å²) in [7, 11) is 0. The van der Waals surface area contributed by atoms with Gasteiger partial charge in [0.2, 0.25) is 0 Å². The van der Waals surface area contributed by atoms with E-state index in [0.29, 0.717) is 6.42 Å². The summed E-state index contributed by atoms with van der Waals surface area (Å²) in [6, 6.07) is 0. The Morgan fingerprint density at radius 3 is 2.62 bits per heavy atom. The number of hydrogen-bond acceptors (Lipinski definition) is 1. The van der Waals surface area contributed by atoms with Gasteiger partial charge in [0.05, 0.1) is 0 Å². The molecule has 1 nitrogen and oxygen atoms in total. The fraction of sp³-hybridized carbons (Fsp3) is 0.364. The topological polar surface area (TPSA) is 17.1 Å². The zero-order chi connectivity index (χ0) is 9.68. The number of allylic oxidation sites excluding steroid dienone is 5. The van der Waals surface area contributed by atoms with Crippen molar-refractivity contribution in [1.29, 1.82) is 0 Å². The molecule has 0 aromatic carbocycles. The molecule has 0 bridgehead atoms. The molecule has 0 fully saturated rings. The number of carbonyl (C=O) groups is 1. The molecule has 2 heteroatoms. The highest BCUT2D eigenvalue weighted by Gasteiger charge is 2.09. The van der Waals surface area contributed by atoms with Crippen molar-refractivity contribution in [2.24, 2.45) is 0 Å². The third-order valence-corrected chi connectivity index (χ3v) is 2.44. The smallest absolute Gasteiger partial charge is 0.196 e. The summed E-state index contributed by atoms with van der Waals surface area (Å²) in [6.45, 7) is 3.71. The Hall–Kier alpha value is -0.380. The van der Waals surface area contributed by atoms with Crippen molar-refractivity contribution in [3.05, 3.63) is 36.0 Å². The van der Waals surface area contributed by atoms with Crippen LogP contribution < -0.4 is 0 Å². The molecule has 0 aromatic rings. The first-order valence-corrected chi connectivity index (χ1v) is 5.49. The molecule has 0 atom stereocenters. The van der Waals surface area contributed by atoms with Crippen LogP contribution in [0.1, 0.15) is 25.7 Å². The SMILES string of the molecule is C=CCC1=CCCC=C1CC(=O)I. The van der Waals surface area contributed by atoms with E-state index in [4.69, 9.17) is 0 Å². The van der Waals surface area contributed by atoms with Crippen molar-refractivity contribution >= 4 is 26.4 Å². The van der Waals surface area contributed by atoms with E-state index >= 15 is 0 Å². The van der Waals surface area contributed by atoms with Gasteiger partial charge in [0, 0.05) is 6.42 Å². The maximum atomic E-state index is 11.0. The van der Waals surface area contributed by atoms with Gasteiger partial charge in [-0.15, -0.1) is 6.58 Å². The standard InChI is InChI=1S/C11H13IO/c1-2-5-9-6-3-4-7-10(9)8-11(12)13/h2,6-7H,1,3-5,8H2. The minimum absolute atomic E-state index is 0.209. The van der Waals surface area contributed by atoms with Crippen LogP contribution in [0.3, 0.4) is 0 Å².